The summed E-state index contributed by atoms with van der Waals surface area (Å²) in [5, 5.41) is 0.128. The third-order valence-corrected chi connectivity index (χ3v) is 6.35. The van der Waals surface area contributed by atoms with Crippen molar-refractivity contribution in [1.29, 1.82) is 0 Å². The van der Waals surface area contributed by atoms with Crippen molar-refractivity contribution in [3.8, 4) is 0 Å². The number of hydrogen-bond acceptors (Lipinski definition) is 2. The highest BCUT2D eigenvalue weighted by molar-refractivity contribution is 8.76. The number of hydrogen-bond donors (Lipinski definition) is 0. The lowest BCUT2D eigenvalue weighted by molar-refractivity contribution is 0.128. The average molecular weight is 341 g/mol. The standard InChI is InChI=1S/C17H34F2S2/c1-4-6-8-10-12-15(13-11-9-7-5-2)16(21-20-3)14-17(18)19/h15-17H,4-14H2,1-3H3/t16-/m0/s1. The Hall–Kier alpha value is 0.560. The number of alkyl halides is 2. The van der Waals surface area contributed by atoms with Crippen LogP contribution in [0, 0.1) is 5.92 Å². The van der Waals surface area contributed by atoms with E-state index in [2.05, 4.69) is 13.8 Å². The number of unbranched alkanes of at least 4 members (excludes halogenated alkanes) is 6. The topological polar surface area (TPSA) is 0 Å². The van der Waals surface area contributed by atoms with Crippen molar-refractivity contribution in [2.24, 2.45) is 5.92 Å². The number of rotatable bonds is 15. The Balaban J connectivity index is 4.33. The van der Waals surface area contributed by atoms with Crippen molar-refractivity contribution in [1.82, 2.24) is 0 Å². The molecule has 0 aliphatic rings. The van der Waals surface area contributed by atoms with Crippen LogP contribution in [0.2, 0.25) is 0 Å². The van der Waals surface area contributed by atoms with Crippen LogP contribution in [0.1, 0.15) is 84.5 Å². The maximum absolute atomic E-state index is 12.8. The molecule has 0 aromatic rings. The lowest BCUT2D eigenvalue weighted by Crippen LogP contribution is -2.20. The Morgan fingerprint density at radius 3 is 1.71 bits per heavy atom. The third-order valence-electron chi connectivity index (χ3n) is 4.01. The summed E-state index contributed by atoms with van der Waals surface area (Å²) >= 11 is 0. The van der Waals surface area contributed by atoms with Gasteiger partial charge in [0.15, 0.2) is 0 Å². The quantitative estimate of drug-likeness (QED) is 0.222. The van der Waals surface area contributed by atoms with Gasteiger partial charge >= 0.3 is 0 Å². The normalized spacial score (nSPS) is 13.3. The molecule has 0 saturated carbocycles. The van der Waals surface area contributed by atoms with Gasteiger partial charge in [-0.15, -0.1) is 0 Å². The van der Waals surface area contributed by atoms with Crippen LogP contribution in [0.25, 0.3) is 0 Å². The summed E-state index contributed by atoms with van der Waals surface area (Å²) in [4.78, 5) is 0. The van der Waals surface area contributed by atoms with Crippen LogP contribution in [0.4, 0.5) is 8.78 Å². The van der Waals surface area contributed by atoms with Gasteiger partial charge < -0.3 is 0 Å². The van der Waals surface area contributed by atoms with Crippen LogP contribution in [0.3, 0.4) is 0 Å². The molecule has 0 heterocycles. The molecule has 0 rings (SSSR count). The van der Waals surface area contributed by atoms with E-state index in [1.807, 2.05) is 6.26 Å². The van der Waals surface area contributed by atoms with E-state index in [9.17, 15) is 8.78 Å². The predicted molar refractivity (Wildman–Crippen MR) is 96.5 cm³/mol. The van der Waals surface area contributed by atoms with Crippen LogP contribution < -0.4 is 0 Å². The first-order valence-corrected chi connectivity index (χ1v) is 11.2. The van der Waals surface area contributed by atoms with Crippen molar-refractivity contribution >= 4 is 21.6 Å². The van der Waals surface area contributed by atoms with Crippen molar-refractivity contribution in [2.45, 2.75) is 96.2 Å². The molecular weight excluding hydrogens is 306 g/mol. The van der Waals surface area contributed by atoms with Crippen molar-refractivity contribution in [2.75, 3.05) is 6.26 Å². The van der Waals surface area contributed by atoms with Gasteiger partial charge in [0.1, 0.15) is 0 Å². The summed E-state index contributed by atoms with van der Waals surface area (Å²) in [6.07, 6.45) is 12.1. The molecule has 0 amide bonds. The molecule has 0 aliphatic heterocycles. The van der Waals surface area contributed by atoms with Crippen molar-refractivity contribution < 1.29 is 8.78 Å². The maximum atomic E-state index is 12.8. The van der Waals surface area contributed by atoms with E-state index in [1.54, 1.807) is 21.6 Å². The minimum Gasteiger partial charge on any atom is -0.210 e. The minimum absolute atomic E-state index is 0.0672. The number of halogens is 2. The first-order chi connectivity index (χ1) is 10.2. The Morgan fingerprint density at radius 2 is 1.33 bits per heavy atom. The molecule has 0 radical (unpaired) electrons. The first-order valence-electron chi connectivity index (χ1n) is 8.63. The summed E-state index contributed by atoms with van der Waals surface area (Å²) in [6, 6.07) is 0. The van der Waals surface area contributed by atoms with Crippen molar-refractivity contribution in [3.05, 3.63) is 0 Å². The minimum atomic E-state index is -2.16. The van der Waals surface area contributed by atoms with Gasteiger partial charge in [0.25, 0.3) is 0 Å². The van der Waals surface area contributed by atoms with E-state index in [4.69, 9.17) is 0 Å². The zero-order chi connectivity index (χ0) is 15.9. The molecule has 0 N–H and O–H groups in total. The monoisotopic (exact) mass is 340 g/mol. The Bertz CT molecular complexity index is 201. The maximum Gasteiger partial charge on any atom is 0.239 e. The lowest BCUT2D eigenvalue weighted by atomic mass is 9.90. The fraction of sp³-hybridized carbons (Fsp3) is 1.00. The zero-order valence-electron chi connectivity index (χ0n) is 14.1. The van der Waals surface area contributed by atoms with Gasteiger partial charge in [-0.3, -0.25) is 0 Å². The molecule has 0 saturated heterocycles. The molecule has 0 aromatic heterocycles. The van der Waals surface area contributed by atoms with Crippen LogP contribution in [-0.2, 0) is 0 Å². The molecule has 0 spiro atoms. The van der Waals surface area contributed by atoms with E-state index in [-0.39, 0.29) is 11.7 Å². The first kappa shape index (κ1) is 21.6. The molecule has 21 heavy (non-hydrogen) atoms. The second kappa shape index (κ2) is 15.5. The van der Waals surface area contributed by atoms with Gasteiger partial charge in [-0.25, -0.2) is 8.78 Å². The summed E-state index contributed by atoms with van der Waals surface area (Å²) in [5.74, 6) is 0.477. The largest absolute Gasteiger partial charge is 0.239 e. The van der Waals surface area contributed by atoms with E-state index in [1.165, 1.54) is 51.4 Å². The SMILES string of the molecule is CCCCCCC(CCCCCC)[C@H](CC(F)F)SSC. The van der Waals surface area contributed by atoms with Crippen LogP contribution in [0.5, 0.6) is 0 Å². The van der Waals surface area contributed by atoms with Gasteiger partial charge in [0, 0.05) is 11.7 Å². The smallest absolute Gasteiger partial charge is 0.210 e. The predicted octanol–water partition coefficient (Wildman–Crippen LogP) is 7.58. The van der Waals surface area contributed by atoms with Gasteiger partial charge in [-0.1, -0.05) is 86.8 Å². The molecular formula is C17H34F2S2. The van der Waals surface area contributed by atoms with Gasteiger partial charge in [-0.2, -0.15) is 0 Å². The van der Waals surface area contributed by atoms with Gasteiger partial charge in [0.2, 0.25) is 6.43 Å². The third kappa shape index (κ3) is 12.8. The van der Waals surface area contributed by atoms with E-state index >= 15 is 0 Å². The van der Waals surface area contributed by atoms with E-state index in [0.29, 0.717) is 5.92 Å². The van der Waals surface area contributed by atoms with E-state index < -0.39 is 6.43 Å². The highest BCUT2D eigenvalue weighted by atomic mass is 33.1. The molecule has 0 aliphatic carbocycles. The van der Waals surface area contributed by atoms with Gasteiger partial charge in [-0.05, 0) is 25.0 Å². The summed E-state index contributed by atoms with van der Waals surface area (Å²) in [7, 11) is 3.33. The molecule has 0 aromatic carbocycles. The van der Waals surface area contributed by atoms with Crippen LogP contribution in [0.15, 0.2) is 0 Å². The lowest BCUT2D eigenvalue weighted by Gasteiger charge is -2.26. The Kier molecular flexibility index (Phi) is 15.9. The molecule has 0 nitrogen and oxygen atoms in total. The molecule has 0 unspecified atom stereocenters. The van der Waals surface area contributed by atoms with Crippen LogP contribution in [-0.4, -0.2) is 17.9 Å². The Labute approximate surface area is 139 Å². The van der Waals surface area contributed by atoms with Gasteiger partial charge in [0.05, 0.1) is 0 Å². The molecule has 0 fully saturated rings. The molecule has 0 bridgehead atoms. The highest BCUT2D eigenvalue weighted by Gasteiger charge is 2.24. The summed E-state index contributed by atoms with van der Waals surface area (Å²) < 4.78 is 25.7. The zero-order valence-corrected chi connectivity index (χ0v) is 15.7. The fourth-order valence-corrected chi connectivity index (χ4v) is 5.14. The molecule has 1 atom stereocenters. The molecule has 128 valence electrons. The second-order valence-electron chi connectivity index (χ2n) is 5.89. The summed E-state index contributed by atoms with van der Waals surface area (Å²) in [5.41, 5.74) is 0. The molecule has 4 heteroatoms. The Morgan fingerprint density at radius 1 is 0.810 bits per heavy atom. The van der Waals surface area contributed by atoms with Crippen molar-refractivity contribution in [3.63, 3.8) is 0 Å². The highest BCUT2D eigenvalue weighted by Crippen LogP contribution is 2.38. The summed E-state index contributed by atoms with van der Waals surface area (Å²) in [6.45, 7) is 4.43. The second-order valence-corrected chi connectivity index (χ2v) is 8.60. The van der Waals surface area contributed by atoms with E-state index in [0.717, 1.165) is 12.8 Å². The van der Waals surface area contributed by atoms with Crippen LogP contribution >= 0.6 is 21.6 Å². The fourth-order valence-electron chi connectivity index (χ4n) is 2.79. The average Bonchev–Trinajstić information content (AvgIpc) is 2.45.